The second-order valence-electron chi connectivity index (χ2n) is 5.85. The Morgan fingerprint density at radius 3 is 2.62 bits per heavy atom. The van der Waals surface area contributed by atoms with E-state index in [1.54, 1.807) is 36.4 Å². The minimum atomic E-state index is -0.594. The molecule has 3 aromatic rings. The number of ether oxygens (including phenoxy) is 3. The van der Waals surface area contributed by atoms with Gasteiger partial charge in [0.05, 0.1) is 20.4 Å². The number of nitrogens with one attached hydrogen (secondary N) is 1. The molecule has 9 heteroatoms. The molecular weight excluding hydrogens is 378 g/mol. The van der Waals surface area contributed by atoms with Crippen LogP contribution in [0.15, 0.2) is 52.0 Å². The standard InChI is InChI=1S/C20H19N3O6/c1-26-15-5-3-4-13-9-17(29-19(13)15)20(25)23-22-10-12-6-7-14(16(8-12)27-2)28-11-18(21)24/h3-10H,11H2,1-2H3,(H2,21,24)(H,23,25)/b22-10-. The van der Waals surface area contributed by atoms with Crippen molar-refractivity contribution in [1.29, 1.82) is 0 Å². The van der Waals surface area contributed by atoms with Crippen LogP contribution in [0.2, 0.25) is 0 Å². The number of rotatable bonds is 8. The summed E-state index contributed by atoms with van der Waals surface area (Å²) >= 11 is 0. The number of hydrogen-bond donors (Lipinski definition) is 2. The fourth-order valence-electron chi connectivity index (χ4n) is 2.56. The molecule has 3 N–H and O–H groups in total. The van der Waals surface area contributed by atoms with E-state index in [1.165, 1.54) is 20.4 Å². The SMILES string of the molecule is COc1cc(/C=N\NC(=O)c2cc3cccc(OC)c3o2)ccc1OCC(N)=O. The number of methoxy groups -OCH3 is 2. The second kappa shape index (κ2) is 8.79. The van der Waals surface area contributed by atoms with Crippen molar-refractivity contribution in [2.45, 2.75) is 0 Å². The summed E-state index contributed by atoms with van der Waals surface area (Å²) in [6.07, 6.45) is 1.43. The van der Waals surface area contributed by atoms with Crippen LogP contribution < -0.4 is 25.4 Å². The number of hydrogen-bond acceptors (Lipinski definition) is 7. The van der Waals surface area contributed by atoms with Crippen LogP contribution in [0.4, 0.5) is 0 Å². The monoisotopic (exact) mass is 397 g/mol. The molecule has 0 spiro atoms. The Kier molecular flexibility index (Phi) is 5.98. The predicted molar refractivity (Wildman–Crippen MR) is 106 cm³/mol. The lowest BCUT2D eigenvalue weighted by Crippen LogP contribution is -2.20. The van der Waals surface area contributed by atoms with Gasteiger partial charge in [-0.05, 0) is 35.9 Å². The van der Waals surface area contributed by atoms with Crippen LogP contribution in [0.25, 0.3) is 11.0 Å². The van der Waals surface area contributed by atoms with Gasteiger partial charge >= 0.3 is 5.91 Å². The van der Waals surface area contributed by atoms with E-state index in [2.05, 4.69) is 10.5 Å². The lowest BCUT2D eigenvalue weighted by molar-refractivity contribution is -0.119. The fourth-order valence-corrected chi connectivity index (χ4v) is 2.56. The van der Waals surface area contributed by atoms with E-state index in [-0.39, 0.29) is 12.4 Å². The number of hydrazone groups is 1. The highest BCUT2D eigenvalue weighted by atomic mass is 16.5. The van der Waals surface area contributed by atoms with Crippen molar-refractivity contribution in [1.82, 2.24) is 5.43 Å². The zero-order chi connectivity index (χ0) is 20.8. The highest BCUT2D eigenvalue weighted by Gasteiger charge is 2.14. The number of nitrogens with two attached hydrogens (primary N) is 1. The molecule has 9 nitrogen and oxygen atoms in total. The number of fused-ring (bicyclic) bond motifs is 1. The fraction of sp³-hybridized carbons (Fsp3) is 0.150. The van der Waals surface area contributed by atoms with Crippen LogP contribution >= 0.6 is 0 Å². The first-order valence-electron chi connectivity index (χ1n) is 8.51. The van der Waals surface area contributed by atoms with E-state index in [0.717, 1.165) is 5.39 Å². The van der Waals surface area contributed by atoms with Gasteiger partial charge in [0.15, 0.2) is 35.2 Å². The van der Waals surface area contributed by atoms with Crippen molar-refractivity contribution < 1.29 is 28.2 Å². The highest BCUT2D eigenvalue weighted by molar-refractivity contribution is 5.97. The number of amides is 2. The van der Waals surface area contributed by atoms with Crippen LogP contribution in [0.3, 0.4) is 0 Å². The van der Waals surface area contributed by atoms with Gasteiger partial charge in [-0.15, -0.1) is 0 Å². The third-order valence-electron chi connectivity index (χ3n) is 3.89. The number of para-hydroxylation sites is 1. The summed E-state index contributed by atoms with van der Waals surface area (Å²) in [5.74, 6) is 0.302. The van der Waals surface area contributed by atoms with E-state index in [9.17, 15) is 9.59 Å². The number of primary amides is 1. The molecule has 0 unspecified atom stereocenters. The van der Waals surface area contributed by atoms with Gasteiger partial charge in [0, 0.05) is 5.39 Å². The first-order chi connectivity index (χ1) is 14.0. The molecule has 1 heterocycles. The van der Waals surface area contributed by atoms with Gasteiger partial charge < -0.3 is 24.4 Å². The maximum atomic E-state index is 12.3. The molecular formula is C20H19N3O6. The second-order valence-corrected chi connectivity index (χ2v) is 5.85. The Morgan fingerprint density at radius 1 is 1.10 bits per heavy atom. The van der Waals surface area contributed by atoms with Crippen molar-refractivity contribution in [3.05, 3.63) is 53.8 Å². The number of furan rings is 1. The largest absolute Gasteiger partial charge is 0.493 e. The smallest absolute Gasteiger partial charge is 0.307 e. The maximum absolute atomic E-state index is 12.3. The molecule has 3 rings (SSSR count). The molecule has 0 radical (unpaired) electrons. The summed E-state index contributed by atoms with van der Waals surface area (Å²) in [6, 6.07) is 11.9. The highest BCUT2D eigenvalue weighted by Crippen LogP contribution is 2.29. The lowest BCUT2D eigenvalue weighted by Gasteiger charge is -2.09. The quantitative estimate of drug-likeness (QED) is 0.443. The normalized spacial score (nSPS) is 10.8. The third-order valence-corrected chi connectivity index (χ3v) is 3.89. The minimum Gasteiger partial charge on any atom is -0.493 e. The van der Waals surface area contributed by atoms with Gasteiger partial charge in [-0.3, -0.25) is 9.59 Å². The van der Waals surface area contributed by atoms with Gasteiger partial charge in [0.1, 0.15) is 0 Å². The first-order valence-corrected chi connectivity index (χ1v) is 8.51. The number of carbonyl (C=O) groups is 2. The van der Waals surface area contributed by atoms with E-state index < -0.39 is 11.8 Å². The molecule has 2 aromatic carbocycles. The molecule has 1 aromatic heterocycles. The molecule has 2 amide bonds. The summed E-state index contributed by atoms with van der Waals surface area (Å²) in [6.45, 7) is -0.262. The number of carbonyl (C=O) groups excluding carboxylic acids is 2. The van der Waals surface area contributed by atoms with E-state index >= 15 is 0 Å². The van der Waals surface area contributed by atoms with E-state index in [1.807, 2.05) is 6.07 Å². The molecule has 0 saturated carbocycles. The van der Waals surface area contributed by atoms with Crippen LogP contribution in [0, 0.1) is 0 Å². The lowest BCUT2D eigenvalue weighted by atomic mass is 10.2. The van der Waals surface area contributed by atoms with Crippen molar-refractivity contribution in [3.63, 3.8) is 0 Å². The zero-order valence-electron chi connectivity index (χ0n) is 15.8. The molecule has 150 valence electrons. The van der Waals surface area contributed by atoms with E-state index in [4.69, 9.17) is 24.4 Å². The third kappa shape index (κ3) is 4.64. The zero-order valence-corrected chi connectivity index (χ0v) is 15.8. The van der Waals surface area contributed by atoms with E-state index in [0.29, 0.717) is 28.4 Å². The van der Waals surface area contributed by atoms with Gasteiger partial charge in [-0.2, -0.15) is 5.10 Å². The topological polar surface area (TPSA) is 125 Å². The van der Waals surface area contributed by atoms with Crippen LogP contribution in [0.5, 0.6) is 17.2 Å². The average molecular weight is 397 g/mol. The molecule has 0 atom stereocenters. The minimum absolute atomic E-state index is 0.106. The van der Waals surface area contributed by atoms with Crippen molar-refractivity contribution in [3.8, 4) is 17.2 Å². The molecule has 0 aliphatic carbocycles. The average Bonchev–Trinajstić information content (AvgIpc) is 3.17. The van der Waals surface area contributed by atoms with Crippen LogP contribution in [0.1, 0.15) is 16.1 Å². The van der Waals surface area contributed by atoms with Gasteiger partial charge in [-0.1, -0.05) is 12.1 Å². The van der Waals surface area contributed by atoms with Crippen LogP contribution in [-0.2, 0) is 4.79 Å². The van der Waals surface area contributed by atoms with Crippen LogP contribution in [-0.4, -0.2) is 38.9 Å². The van der Waals surface area contributed by atoms with Gasteiger partial charge in [-0.25, -0.2) is 5.43 Å². The Hall–Kier alpha value is -4.01. The summed E-state index contributed by atoms with van der Waals surface area (Å²) in [4.78, 5) is 23.1. The summed E-state index contributed by atoms with van der Waals surface area (Å²) in [5, 5.41) is 4.67. The predicted octanol–water partition coefficient (Wildman–Crippen LogP) is 2.08. The molecule has 29 heavy (non-hydrogen) atoms. The molecule has 0 bridgehead atoms. The Bertz CT molecular complexity index is 1070. The first kappa shape index (κ1) is 19.7. The molecule has 0 saturated heterocycles. The summed E-state index contributed by atoms with van der Waals surface area (Å²) < 4.78 is 21.3. The molecule has 0 aliphatic heterocycles. The molecule has 0 aliphatic rings. The van der Waals surface area contributed by atoms with Crippen molar-refractivity contribution in [2.24, 2.45) is 10.8 Å². The summed E-state index contributed by atoms with van der Waals surface area (Å²) in [7, 11) is 2.99. The van der Waals surface area contributed by atoms with Crippen molar-refractivity contribution >= 4 is 29.0 Å². The Labute approximate surface area is 166 Å². The Balaban J connectivity index is 1.69. The van der Waals surface area contributed by atoms with Gasteiger partial charge in [0.25, 0.3) is 5.91 Å². The van der Waals surface area contributed by atoms with Gasteiger partial charge in [0.2, 0.25) is 0 Å². The number of benzene rings is 2. The Morgan fingerprint density at radius 2 is 1.90 bits per heavy atom. The summed E-state index contributed by atoms with van der Waals surface area (Å²) in [5.41, 5.74) is 8.59. The molecule has 0 fully saturated rings. The maximum Gasteiger partial charge on any atom is 0.307 e. The number of nitrogens with zero attached hydrogens (tertiary/aromatic N) is 1. The van der Waals surface area contributed by atoms with Crippen molar-refractivity contribution in [2.75, 3.05) is 20.8 Å².